The number of hydrogen-bond donors (Lipinski definition) is 0. The van der Waals surface area contributed by atoms with E-state index in [1.54, 1.807) is 0 Å². The Morgan fingerprint density at radius 3 is 2.17 bits per heavy atom. The van der Waals surface area contributed by atoms with Gasteiger partial charge in [0.15, 0.2) is 0 Å². The number of rotatable bonds is 0. The number of ether oxygens (including phenoxy) is 1. The normalized spacial score (nSPS) is 50.7. The van der Waals surface area contributed by atoms with Crippen LogP contribution < -0.4 is 0 Å². The van der Waals surface area contributed by atoms with E-state index in [2.05, 4.69) is 4.74 Å². The molecule has 1 heterocycles. The molecule has 0 saturated carbocycles. The Morgan fingerprint density at radius 1 is 1.17 bits per heavy atom. The van der Waals surface area contributed by atoms with Gasteiger partial charge in [0.1, 0.15) is 0 Å². The standard InChI is InChI=1S/C5H10O/c1-2-4-6-5-3-1/h1-5H2/i4D2,5D2. The van der Waals surface area contributed by atoms with Crippen LogP contribution in [0.2, 0.25) is 0 Å². The van der Waals surface area contributed by atoms with Crippen LogP contribution in [0.15, 0.2) is 0 Å². The van der Waals surface area contributed by atoms with Gasteiger partial charge >= 0.3 is 0 Å². The van der Waals surface area contributed by atoms with Gasteiger partial charge in [-0.3, -0.25) is 0 Å². The van der Waals surface area contributed by atoms with Crippen LogP contribution in [0, 0.1) is 0 Å². The summed E-state index contributed by atoms with van der Waals surface area (Å²) in [6.45, 7) is -3.52. The lowest BCUT2D eigenvalue weighted by molar-refractivity contribution is 0.0968. The SMILES string of the molecule is [2H]C1([2H])CCCC([2H])([2H])O1. The smallest absolute Gasteiger partial charge is 0.0567 e. The molecule has 0 aliphatic carbocycles. The number of hydrogen-bond acceptors (Lipinski definition) is 1. The fraction of sp³-hybridized carbons (Fsp3) is 1.00. The van der Waals surface area contributed by atoms with E-state index in [-0.39, 0.29) is 0 Å². The van der Waals surface area contributed by atoms with Crippen molar-refractivity contribution in [3.05, 3.63) is 0 Å². The van der Waals surface area contributed by atoms with E-state index in [0.717, 1.165) is 0 Å². The van der Waals surface area contributed by atoms with Crippen LogP contribution in [0.25, 0.3) is 0 Å². The highest BCUT2D eigenvalue weighted by atomic mass is 16.5. The van der Waals surface area contributed by atoms with Crippen molar-refractivity contribution in [1.29, 1.82) is 0 Å². The highest BCUT2D eigenvalue weighted by Gasteiger charge is 1.94. The molecule has 1 aliphatic rings. The zero-order valence-electron chi connectivity index (χ0n) is 7.53. The van der Waals surface area contributed by atoms with Crippen molar-refractivity contribution >= 4 is 0 Å². The molecule has 0 radical (unpaired) electrons. The van der Waals surface area contributed by atoms with Gasteiger partial charge in [-0.05, 0) is 19.3 Å². The lowest BCUT2D eigenvalue weighted by atomic mass is 10.2. The third-order valence-electron chi connectivity index (χ3n) is 0.702. The maximum Gasteiger partial charge on any atom is 0.0567 e. The molecule has 1 rings (SSSR count). The maximum atomic E-state index is 7.09. The van der Waals surface area contributed by atoms with Gasteiger partial charge < -0.3 is 4.74 Å². The highest BCUT2D eigenvalue weighted by molar-refractivity contribution is 4.45. The molecular formula is C5H10O. The third kappa shape index (κ3) is 0.977. The van der Waals surface area contributed by atoms with E-state index < -0.39 is 13.1 Å². The summed E-state index contributed by atoms with van der Waals surface area (Å²) in [5, 5.41) is 0. The van der Waals surface area contributed by atoms with Crippen molar-refractivity contribution in [2.45, 2.75) is 19.3 Å². The zero-order valence-corrected chi connectivity index (χ0v) is 3.53. The first-order chi connectivity index (χ1) is 4.41. The molecule has 1 heteroatoms. The molecule has 0 spiro atoms. The third-order valence-corrected chi connectivity index (χ3v) is 0.702. The Labute approximate surface area is 43.9 Å². The predicted octanol–water partition coefficient (Wildman–Crippen LogP) is 1.19. The van der Waals surface area contributed by atoms with Crippen LogP contribution in [0.4, 0.5) is 0 Å². The van der Waals surface area contributed by atoms with Crippen molar-refractivity contribution < 1.29 is 10.2 Å². The molecular weight excluding hydrogens is 76.1 g/mol. The molecule has 0 bridgehead atoms. The van der Waals surface area contributed by atoms with Crippen LogP contribution in [0.5, 0.6) is 0 Å². The van der Waals surface area contributed by atoms with Gasteiger partial charge in [-0.2, -0.15) is 0 Å². The Hall–Kier alpha value is -0.0400. The molecule has 0 atom stereocenters. The molecule has 36 valence electrons. The van der Waals surface area contributed by atoms with E-state index in [1.165, 1.54) is 0 Å². The van der Waals surface area contributed by atoms with Crippen LogP contribution >= 0.6 is 0 Å². The quantitative estimate of drug-likeness (QED) is 0.434. The molecule has 0 N–H and O–H groups in total. The van der Waals surface area contributed by atoms with Gasteiger partial charge in [0, 0.05) is 13.1 Å². The molecule has 1 nitrogen and oxygen atoms in total. The van der Waals surface area contributed by atoms with Crippen LogP contribution in [-0.2, 0) is 4.74 Å². The summed E-state index contributed by atoms with van der Waals surface area (Å²) >= 11 is 0. The topological polar surface area (TPSA) is 9.23 Å². The summed E-state index contributed by atoms with van der Waals surface area (Å²) in [7, 11) is 0. The monoisotopic (exact) mass is 90.1 g/mol. The van der Waals surface area contributed by atoms with E-state index >= 15 is 0 Å². The van der Waals surface area contributed by atoms with Gasteiger partial charge in [-0.15, -0.1) is 0 Å². The second kappa shape index (κ2) is 2.19. The Balaban J connectivity index is 2.56. The van der Waals surface area contributed by atoms with E-state index in [9.17, 15) is 0 Å². The summed E-state index contributed by atoms with van der Waals surface area (Å²) in [6, 6.07) is 0. The fourth-order valence-corrected chi connectivity index (χ4v) is 0.386. The summed E-state index contributed by atoms with van der Waals surface area (Å²) in [4.78, 5) is 0. The van der Waals surface area contributed by atoms with Crippen LogP contribution in [-0.4, -0.2) is 13.1 Å². The second-order valence-electron chi connectivity index (χ2n) is 1.24. The van der Waals surface area contributed by atoms with Crippen LogP contribution in [0.1, 0.15) is 24.7 Å². The largest absolute Gasteiger partial charge is 0.381 e. The van der Waals surface area contributed by atoms with Crippen molar-refractivity contribution in [1.82, 2.24) is 0 Å². The zero-order chi connectivity index (χ0) is 7.83. The first kappa shape index (κ1) is 1.48. The molecule has 1 saturated heterocycles. The van der Waals surface area contributed by atoms with Gasteiger partial charge in [0.25, 0.3) is 0 Å². The Bertz CT molecular complexity index is 120. The minimum Gasteiger partial charge on any atom is -0.381 e. The highest BCUT2D eigenvalue weighted by Crippen LogP contribution is 2.01. The lowest BCUT2D eigenvalue weighted by Crippen LogP contribution is -2.03. The molecule has 1 aliphatic heterocycles. The van der Waals surface area contributed by atoms with Gasteiger partial charge in [-0.1, -0.05) is 0 Å². The fourth-order valence-electron chi connectivity index (χ4n) is 0.386. The molecule has 0 amide bonds. The van der Waals surface area contributed by atoms with Gasteiger partial charge in [0.05, 0.1) is 5.48 Å². The Morgan fingerprint density at radius 2 is 1.83 bits per heavy atom. The maximum absolute atomic E-state index is 7.09. The first-order valence-electron chi connectivity index (χ1n) is 4.12. The van der Waals surface area contributed by atoms with Crippen molar-refractivity contribution in [2.75, 3.05) is 13.1 Å². The molecule has 0 aromatic carbocycles. The molecule has 0 unspecified atom stereocenters. The molecule has 0 aromatic rings. The van der Waals surface area contributed by atoms with Gasteiger partial charge in [0.2, 0.25) is 0 Å². The Kier molecular flexibility index (Phi) is 0.539. The summed E-state index contributed by atoms with van der Waals surface area (Å²) in [5.74, 6) is 0. The predicted molar refractivity (Wildman–Crippen MR) is 24.7 cm³/mol. The van der Waals surface area contributed by atoms with Crippen LogP contribution in [0.3, 0.4) is 0 Å². The van der Waals surface area contributed by atoms with Crippen molar-refractivity contribution in [3.8, 4) is 0 Å². The first-order valence-corrected chi connectivity index (χ1v) is 2.12. The van der Waals surface area contributed by atoms with Crippen molar-refractivity contribution in [2.24, 2.45) is 0 Å². The van der Waals surface area contributed by atoms with E-state index in [4.69, 9.17) is 5.48 Å². The summed E-state index contributed by atoms with van der Waals surface area (Å²) < 4.78 is 32.9. The molecule has 6 heavy (non-hydrogen) atoms. The lowest BCUT2D eigenvalue weighted by Gasteiger charge is -2.08. The summed E-state index contributed by atoms with van der Waals surface area (Å²) in [5.41, 5.74) is 0. The average molecular weight is 90.2 g/mol. The average Bonchev–Trinajstić information content (AvgIpc) is 1.56. The summed E-state index contributed by atoms with van der Waals surface area (Å²) in [6.07, 6.45) is 1.15. The molecule has 0 aromatic heterocycles. The van der Waals surface area contributed by atoms with E-state index in [0.29, 0.717) is 19.3 Å². The van der Waals surface area contributed by atoms with Crippen molar-refractivity contribution in [3.63, 3.8) is 0 Å². The minimum absolute atomic E-state index is 0.298. The van der Waals surface area contributed by atoms with Gasteiger partial charge in [-0.25, -0.2) is 0 Å². The van der Waals surface area contributed by atoms with E-state index in [1.807, 2.05) is 0 Å². The minimum atomic E-state index is -1.76. The molecule has 1 fully saturated rings. The second-order valence-corrected chi connectivity index (χ2v) is 1.24.